The van der Waals surface area contributed by atoms with E-state index in [1.807, 2.05) is 18.2 Å². The zero-order chi connectivity index (χ0) is 10.8. The maximum Gasteiger partial charge on any atom is 0.0628 e. The molecule has 3 nitrogen and oxygen atoms in total. The summed E-state index contributed by atoms with van der Waals surface area (Å²) in [5.74, 6) is 0. The van der Waals surface area contributed by atoms with Gasteiger partial charge >= 0.3 is 0 Å². The third kappa shape index (κ3) is 2.53. The lowest BCUT2D eigenvalue weighted by Crippen LogP contribution is -2.44. The first-order valence-corrected chi connectivity index (χ1v) is 4.85. The van der Waals surface area contributed by atoms with Gasteiger partial charge in [0.05, 0.1) is 11.7 Å². The number of rotatable bonds is 2. The van der Waals surface area contributed by atoms with Crippen LogP contribution in [0.15, 0.2) is 24.4 Å². The minimum Gasteiger partial charge on any atom is -0.326 e. The predicted molar refractivity (Wildman–Crippen MR) is 58.6 cm³/mol. The molecule has 14 heavy (non-hydrogen) atoms. The van der Waals surface area contributed by atoms with Crippen LogP contribution in [0, 0.1) is 5.41 Å². The van der Waals surface area contributed by atoms with Gasteiger partial charge in [0.2, 0.25) is 0 Å². The maximum atomic E-state index is 6.06. The third-order valence-electron chi connectivity index (χ3n) is 2.42. The number of hydrogen-bond acceptors (Lipinski definition) is 3. The molecular formula is C11H19N3. The van der Waals surface area contributed by atoms with Gasteiger partial charge in [-0.15, -0.1) is 0 Å². The molecule has 1 aromatic rings. The van der Waals surface area contributed by atoms with Crippen LogP contribution < -0.4 is 11.5 Å². The zero-order valence-corrected chi connectivity index (χ0v) is 9.07. The molecule has 3 heteroatoms. The third-order valence-corrected chi connectivity index (χ3v) is 2.42. The summed E-state index contributed by atoms with van der Waals surface area (Å²) in [7, 11) is 0. The summed E-state index contributed by atoms with van der Waals surface area (Å²) < 4.78 is 0. The molecule has 1 rings (SSSR count). The maximum absolute atomic E-state index is 6.06. The van der Waals surface area contributed by atoms with Crippen LogP contribution >= 0.6 is 0 Å². The highest BCUT2D eigenvalue weighted by Crippen LogP contribution is 2.25. The van der Waals surface area contributed by atoms with Crippen LogP contribution in [0.2, 0.25) is 0 Å². The minimum absolute atomic E-state index is 0.00304. The second kappa shape index (κ2) is 4.07. The second-order valence-electron chi connectivity index (χ2n) is 4.67. The molecule has 0 aliphatic carbocycles. The summed E-state index contributed by atoms with van der Waals surface area (Å²) in [6, 6.07) is 5.43. The summed E-state index contributed by atoms with van der Waals surface area (Å²) in [6.45, 7) is 6.25. The largest absolute Gasteiger partial charge is 0.326 e. The van der Waals surface area contributed by atoms with E-state index < -0.39 is 0 Å². The van der Waals surface area contributed by atoms with Crippen molar-refractivity contribution < 1.29 is 0 Å². The van der Waals surface area contributed by atoms with Crippen molar-refractivity contribution in [3.8, 4) is 0 Å². The van der Waals surface area contributed by atoms with E-state index in [-0.39, 0.29) is 17.5 Å². The fraction of sp³-hybridized carbons (Fsp3) is 0.545. The SMILES string of the molecule is CC(C)(C)[C@H](N)[C@@H](N)c1ccccn1. The molecule has 0 aromatic carbocycles. The second-order valence-corrected chi connectivity index (χ2v) is 4.67. The first-order valence-electron chi connectivity index (χ1n) is 4.85. The van der Waals surface area contributed by atoms with Gasteiger partial charge in [0.15, 0.2) is 0 Å². The Morgan fingerprint density at radius 3 is 2.29 bits per heavy atom. The highest BCUT2D eigenvalue weighted by Gasteiger charge is 2.27. The van der Waals surface area contributed by atoms with E-state index in [9.17, 15) is 0 Å². The van der Waals surface area contributed by atoms with Crippen molar-refractivity contribution >= 4 is 0 Å². The Hall–Kier alpha value is -0.930. The van der Waals surface area contributed by atoms with Gasteiger partial charge in [0.1, 0.15) is 0 Å². The van der Waals surface area contributed by atoms with Crippen LogP contribution in [-0.4, -0.2) is 11.0 Å². The van der Waals surface area contributed by atoms with E-state index in [0.29, 0.717) is 0 Å². The molecule has 1 heterocycles. The summed E-state index contributed by atoms with van der Waals surface area (Å²) in [5, 5.41) is 0. The van der Waals surface area contributed by atoms with E-state index in [0.717, 1.165) is 5.69 Å². The Labute approximate surface area is 85.5 Å². The lowest BCUT2D eigenvalue weighted by atomic mass is 9.82. The average Bonchev–Trinajstić information content (AvgIpc) is 2.15. The van der Waals surface area contributed by atoms with Crippen molar-refractivity contribution in [3.63, 3.8) is 0 Å². The number of nitrogens with two attached hydrogens (primary N) is 2. The Morgan fingerprint density at radius 1 is 1.21 bits per heavy atom. The van der Waals surface area contributed by atoms with E-state index in [4.69, 9.17) is 11.5 Å². The first-order chi connectivity index (χ1) is 6.43. The van der Waals surface area contributed by atoms with Crippen molar-refractivity contribution in [1.82, 2.24) is 4.98 Å². The molecule has 0 saturated heterocycles. The van der Waals surface area contributed by atoms with E-state index >= 15 is 0 Å². The molecule has 2 atom stereocenters. The van der Waals surface area contributed by atoms with Crippen molar-refractivity contribution in [3.05, 3.63) is 30.1 Å². The van der Waals surface area contributed by atoms with Crippen molar-refractivity contribution in [2.75, 3.05) is 0 Å². The van der Waals surface area contributed by atoms with Crippen LogP contribution in [0.3, 0.4) is 0 Å². The molecule has 0 aliphatic heterocycles. The molecule has 0 aliphatic rings. The highest BCUT2D eigenvalue weighted by atomic mass is 14.9. The average molecular weight is 193 g/mol. The highest BCUT2D eigenvalue weighted by molar-refractivity contribution is 5.11. The predicted octanol–water partition coefficient (Wildman–Crippen LogP) is 1.45. The molecular weight excluding hydrogens is 174 g/mol. The van der Waals surface area contributed by atoms with E-state index in [1.54, 1.807) is 6.20 Å². The van der Waals surface area contributed by atoms with Crippen LogP contribution in [0.5, 0.6) is 0 Å². The van der Waals surface area contributed by atoms with Crippen LogP contribution in [0.4, 0.5) is 0 Å². The number of nitrogens with zero attached hydrogens (tertiary/aromatic N) is 1. The normalized spacial score (nSPS) is 16.4. The summed E-state index contributed by atoms with van der Waals surface area (Å²) in [4.78, 5) is 4.21. The standard InChI is InChI=1S/C11H19N3/c1-11(2,3)10(13)9(12)8-6-4-5-7-14-8/h4-7,9-10H,12-13H2,1-3H3/t9-,10+/m0/s1. The van der Waals surface area contributed by atoms with Crippen LogP contribution in [0.25, 0.3) is 0 Å². The number of hydrogen-bond donors (Lipinski definition) is 2. The van der Waals surface area contributed by atoms with Gasteiger partial charge in [0, 0.05) is 12.2 Å². The van der Waals surface area contributed by atoms with Gasteiger partial charge in [-0.25, -0.2) is 0 Å². The van der Waals surface area contributed by atoms with Crippen molar-refractivity contribution in [2.24, 2.45) is 16.9 Å². The molecule has 0 spiro atoms. The van der Waals surface area contributed by atoms with Gasteiger partial charge in [0.25, 0.3) is 0 Å². The van der Waals surface area contributed by atoms with E-state index in [2.05, 4.69) is 25.8 Å². The Balaban J connectivity index is 2.81. The summed E-state index contributed by atoms with van der Waals surface area (Å²) >= 11 is 0. The van der Waals surface area contributed by atoms with Gasteiger partial charge in [-0.3, -0.25) is 4.98 Å². The fourth-order valence-electron chi connectivity index (χ4n) is 1.30. The Bertz CT molecular complexity index is 276. The molecule has 0 saturated carbocycles. The van der Waals surface area contributed by atoms with Gasteiger partial charge in [-0.05, 0) is 17.5 Å². The quantitative estimate of drug-likeness (QED) is 0.747. The number of pyridine rings is 1. The van der Waals surface area contributed by atoms with Gasteiger partial charge in [-0.1, -0.05) is 26.8 Å². The lowest BCUT2D eigenvalue weighted by Gasteiger charge is -2.31. The molecule has 0 amide bonds. The van der Waals surface area contributed by atoms with Gasteiger partial charge in [-0.2, -0.15) is 0 Å². The summed E-state index contributed by atoms with van der Waals surface area (Å²) in [6.07, 6.45) is 1.74. The molecule has 4 N–H and O–H groups in total. The molecule has 0 bridgehead atoms. The smallest absolute Gasteiger partial charge is 0.0628 e. The first kappa shape index (κ1) is 11.1. The lowest BCUT2D eigenvalue weighted by molar-refractivity contribution is 0.280. The van der Waals surface area contributed by atoms with E-state index in [1.165, 1.54) is 0 Å². The topological polar surface area (TPSA) is 64.9 Å². The van der Waals surface area contributed by atoms with Crippen molar-refractivity contribution in [1.29, 1.82) is 0 Å². The Morgan fingerprint density at radius 2 is 1.86 bits per heavy atom. The molecule has 0 unspecified atom stereocenters. The fourth-order valence-corrected chi connectivity index (χ4v) is 1.30. The van der Waals surface area contributed by atoms with Crippen LogP contribution in [0.1, 0.15) is 32.5 Å². The minimum atomic E-state index is -0.198. The zero-order valence-electron chi connectivity index (χ0n) is 9.07. The van der Waals surface area contributed by atoms with Crippen molar-refractivity contribution in [2.45, 2.75) is 32.9 Å². The molecule has 0 radical (unpaired) electrons. The summed E-state index contributed by atoms with van der Waals surface area (Å²) in [5.41, 5.74) is 13.0. The Kier molecular flexibility index (Phi) is 3.24. The molecule has 78 valence electrons. The molecule has 1 aromatic heterocycles. The monoisotopic (exact) mass is 193 g/mol. The number of aromatic nitrogens is 1. The molecule has 0 fully saturated rings. The van der Waals surface area contributed by atoms with Gasteiger partial charge < -0.3 is 11.5 Å². The van der Waals surface area contributed by atoms with Crippen LogP contribution in [-0.2, 0) is 0 Å².